The number of ether oxygens (including phenoxy) is 2. The first kappa shape index (κ1) is 21.5. The van der Waals surface area contributed by atoms with Crippen molar-refractivity contribution in [1.29, 1.82) is 0 Å². The Labute approximate surface area is 150 Å². The highest BCUT2D eigenvalue weighted by Crippen LogP contribution is 2.50. The molecule has 3 N–H and O–H groups in total. The largest absolute Gasteiger partial charge is 0.573 e. The summed E-state index contributed by atoms with van der Waals surface area (Å²) < 4.78 is 45.7. The van der Waals surface area contributed by atoms with Gasteiger partial charge < -0.3 is 20.5 Å². The number of rotatable bonds is 5. The van der Waals surface area contributed by atoms with Crippen LogP contribution in [0.25, 0.3) is 0 Å². The molecule has 1 fully saturated rings. The Morgan fingerprint density at radius 3 is 2.32 bits per heavy atom. The molecule has 1 aromatic carbocycles. The van der Waals surface area contributed by atoms with Gasteiger partial charge in [0.2, 0.25) is 5.91 Å². The number of carbonyl (C=O) groups is 1. The van der Waals surface area contributed by atoms with Crippen LogP contribution in [0.2, 0.25) is 0 Å². The average molecular weight is 383 g/mol. The third kappa shape index (κ3) is 4.37. The third-order valence-corrected chi connectivity index (χ3v) is 4.58. The predicted octanol–water partition coefficient (Wildman–Crippen LogP) is 3.48. The Hall–Kier alpha value is -1.51. The van der Waals surface area contributed by atoms with Gasteiger partial charge >= 0.3 is 6.36 Å². The Bertz CT molecular complexity index is 608. The summed E-state index contributed by atoms with van der Waals surface area (Å²) in [6, 6.07) is 4.91. The van der Waals surface area contributed by atoms with E-state index in [9.17, 15) is 18.0 Å². The van der Waals surface area contributed by atoms with E-state index in [0.717, 1.165) is 12.1 Å². The molecule has 25 heavy (non-hydrogen) atoms. The molecule has 1 saturated carbocycles. The van der Waals surface area contributed by atoms with Gasteiger partial charge in [0.1, 0.15) is 11.3 Å². The van der Waals surface area contributed by atoms with Gasteiger partial charge in [0.15, 0.2) is 0 Å². The molecule has 0 aromatic heterocycles. The first-order valence-electron chi connectivity index (χ1n) is 7.57. The number of hydrogen-bond donors (Lipinski definition) is 2. The molecule has 1 aliphatic rings. The van der Waals surface area contributed by atoms with E-state index in [0.29, 0.717) is 18.7 Å². The normalized spacial score (nSPS) is 24.7. The molecular weight excluding hydrogens is 361 g/mol. The highest BCUT2D eigenvalue weighted by atomic mass is 35.5. The zero-order chi connectivity index (χ0) is 18.2. The first-order valence-corrected chi connectivity index (χ1v) is 7.57. The van der Waals surface area contributed by atoms with Gasteiger partial charge in [-0.25, -0.2) is 0 Å². The van der Waals surface area contributed by atoms with Crippen LogP contribution in [0.1, 0.15) is 27.2 Å². The van der Waals surface area contributed by atoms with Crippen molar-refractivity contribution in [3.8, 4) is 5.75 Å². The van der Waals surface area contributed by atoms with Crippen molar-refractivity contribution in [3.63, 3.8) is 0 Å². The van der Waals surface area contributed by atoms with Crippen molar-refractivity contribution in [2.24, 2.45) is 11.1 Å². The van der Waals surface area contributed by atoms with Crippen LogP contribution in [-0.2, 0) is 9.53 Å². The molecular formula is C16H22ClF3N2O3. The number of anilines is 1. The zero-order valence-corrected chi connectivity index (χ0v) is 15.0. The quantitative estimate of drug-likeness (QED) is 0.817. The molecule has 2 atom stereocenters. The minimum atomic E-state index is -4.75. The fraction of sp³-hybridized carbons (Fsp3) is 0.562. The number of benzene rings is 1. The average Bonchev–Trinajstić information content (AvgIpc) is 2.47. The van der Waals surface area contributed by atoms with Crippen LogP contribution >= 0.6 is 12.4 Å². The molecule has 2 rings (SSSR count). The van der Waals surface area contributed by atoms with Gasteiger partial charge in [-0.15, -0.1) is 25.6 Å². The van der Waals surface area contributed by atoms with Crippen molar-refractivity contribution in [3.05, 3.63) is 24.3 Å². The van der Waals surface area contributed by atoms with Crippen LogP contribution < -0.4 is 15.8 Å². The summed E-state index contributed by atoms with van der Waals surface area (Å²) in [5, 5.41) is 2.64. The van der Waals surface area contributed by atoms with Crippen molar-refractivity contribution in [2.75, 3.05) is 11.9 Å². The second-order valence-electron chi connectivity index (χ2n) is 6.37. The van der Waals surface area contributed by atoms with Gasteiger partial charge in [0, 0.05) is 24.1 Å². The van der Waals surface area contributed by atoms with Gasteiger partial charge in [-0.05, 0) is 31.2 Å². The Morgan fingerprint density at radius 2 is 1.88 bits per heavy atom. The fourth-order valence-corrected chi connectivity index (χ4v) is 2.80. The van der Waals surface area contributed by atoms with E-state index in [-0.39, 0.29) is 24.3 Å². The number of carbonyl (C=O) groups excluding carboxylic acids is 1. The lowest BCUT2D eigenvalue weighted by Gasteiger charge is -2.57. The van der Waals surface area contributed by atoms with E-state index in [1.54, 1.807) is 0 Å². The van der Waals surface area contributed by atoms with Gasteiger partial charge in [0.05, 0.1) is 6.10 Å². The summed E-state index contributed by atoms with van der Waals surface area (Å²) in [6.45, 7) is 6.12. The van der Waals surface area contributed by atoms with Crippen LogP contribution in [0.15, 0.2) is 24.3 Å². The van der Waals surface area contributed by atoms with E-state index in [2.05, 4.69) is 10.1 Å². The summed E-state index contributed by atoms with van der Waals surface area (Å²) in [5.41, 5.74) is 4.93. The highest BCUT2D eigenvalue weighted by Gasteiger charge is 2.62. The minimum Gasteiger partial charge on any atom is -0.406 e. The number of amides is 1. The fourth-order valence-electron chi connectivity index (χ4n) is 2.80. The van der Waals surface area contributed by atoms with Gasteiger partial charge in [0.25, 0.3) is 0 Å². The Balaban J connectivity index is 0.00000312. The van der Waals surface area contributed by atoms with Gasteiger partial charge in [-0.1, -0.05) is 13.8 Å². The lowest BCUT2D eigenvalue weighted by molar-refractivity contribution is -0.274. The minimum absolute atomic E-state index is 0. The Kier molecular flexibility index (Phi) is 6.36. The summed E-state index contributed by atoms with van der Waals surface area (Å²) in [6.07, 6.45) is -4.48. The van der Waals surface area contributed by atoms with Crippen LogP contribution in [-0.4, -0.2) is 30.5 Å². The summed E-state index contributed by atoms with van der Waals surface area (Å²) in [7, 11) is 0. The summed E-state index contributed by atoms with van der Waals surface area (Å²) >= 11 is 0. The maximum Gasteiger partial charge on any atom is 0.573 e. The van der Waals surface area contributed by atoms with E-state index in [1.165, 1.54) is 12.1 Å². The van der Waals surface area contributed by atoms with Crippen LogP contribution in [0.3, 0.4) is 0 Å². The van der Waals surface area contributed by atoms with Crippen molar-refractivity contribution in [2.45, 2.75) is 45.2 Å². The monoisotopic (exact) mass is 382 g/mol. The third-order valence-electron chi connectivity index (χ3n) is 4.58. The SMILES string of the molecule is CCOC1CC(N)(C(=O)Nc2ccc(OC(F)(F)F)cc2)C1(C)C.Cl. The number of nitrogens with two attached hydrogens (primary N) is 1. The highest BCUT2D eigenvalue weighted by molar-refractivity contribution is 5.99. The maximum absolute atomic E-state index is 12.5. The molecule has 9 heteroatoms. The second-order valence-corrected chi connectivity index (χ2v) is 6.37. The van der Waals surface area contributed by atoms with Crippen LogP contribution in [0, 0.1) is 5.41 Å². The molecule has 1 aliphatic carbocycles. The number of nitrogens with one attached hydrogen (secondary N) is 1. The van der Waals surface area contributed by atoms with Crippen LogP contribution in [0.5, 0.6) is 5.75 Å². The maximum atomic E-state index is 12.5. The van der Waals surface area contributed by atoms with Crippen molar-refractivity contribution < 1.29 is 27.4 Å². The lowest BCUT2D eigenvalue weighted by Crippen LogP contribution is -2.74. The molecule has 0 heterocycles. The standard InChI is InChI=1S/C16H21F3N2O3.ClH/c1-4-23-12-9-15(20,14(12,2)3)13(22)21-10-5-7-11(8-6-10)24-16(17,18)19;/h5-8,12H,4,9,20H2,1-3H3,(H,21,22);1H. The number of alkyl halides is 3. The molecule has 1 amide bonds. The zero-order valence-electron chi connectivity index (χ0n) is 14.1. The van der Waals surface area contributed by atoms with Crippen LogP contribution in [0.4, 0.5) is 18.9 Å². The van der Waals surface area contributed by atoms with Gasteiger partial charge in [-0.3, -0.25) is 4.79 Å². The van der Waals surface area contributed by atoms with E-state index < -0.39 is 23.2 Å². The molecule has 142 valence electrons. The molecule has 0 saturated heterocycles. The van der Waals surface area contributed by atoms with E-state index >= 15 is 0 Å². The second kappa shape index (κ2) is 7.39. The summed E-state index contributed by atoms with van der Waals surface area (Å²) in [4.78, 5) is 12.5. The van der Waals surface area contributed by atoms with E-state index in [4.69, 9.17) is 10.5 Å². The molecule has 1 aromatic rings. The number of halogens is 4. The molecule has 5 nitrogen and oxygen atoms in total. The van der Waals surface area contributed by atoms with Crippen molar-refractivity contribution >= 4 is 24.0 Å². The lowest BCUT2D eigenvalue weighted by atomic mass is 9.54. The molecule has 0 radical (unpaired) electrons. The molecule has 0 aliphatic heterocycles. The van der Waals surface area contributed by atoms with Gasteiger partial charge in [-0.2, -0.15) is 0 Å². The first-order chi connectivity index (χ1) is 11.0. The number of hydrogen-bond acceptors (Lipinski definition) is 4. The summed E-state index contributed by atoms with van der Waals surface area (Å²) in [5.74, 6) is -0.753. The topological polar surface area (TPSA) is 73.6 Å². The Morgan fingerprint density at radius 1 is 1.32 bits per heavy atom. The smallest absolute Gasteiger partial charge is 0.406 e. The predicted molar refractivity (Wildman–Crippen MR) is 89.7 cm³/mol. The molecule has 0 spiro atoms. The molecule has 0 bridgehead atoms. The molecule has 2 unspecified atom stereocenters. The van der Waals surface area contributed by atoms with E-state index in [1.807, 2.05) is 20.8 Å². The van der Waals surface area contributed by atoms with Crippen molar-refractivity contribution in [1.82, 2.24) is 0 Å².